The van der Waals surface area contributed by atoms with Crippen LogP contribution in [-0.4, -0.2) is 31.6 Å². The molecular formula is C21H18BrNO6. The molecule has 0 fully saturated rings. The first kappa shape index (κ1) is 20.6. The van der Waals surface area contributed by atoms with Gasteiger partial charge in [-0.3, -0.25) is 4.79 Å². The number of hydrogen-bond donors (Lipinski definition) is 0. The van der Waals surface area contributed by atoms with Gasteiger partial charge in [-0.05, 0) is 70.9 Å². The van der Waals surface area contributed by atoms with Crippen molar-refractivity contribution in [3.63, 3.8) is 0 Å². The summed E-state index contributed by atoms with van der Waals surface area (Å²) in [6.07, 6.45) is 1.56. The van der Waals surface area contributed by atoms with Gasteiger partial charge in [-0.25, -0.2) is 9.79 Å². The van der Waals surface area contributed by atoms with E-state index in [4.69, 9.17) is 18.9 Å². The molecule has 1 heterocycles. The predicted octanol–water partition coefficient (Wildman–Crippen LogP) is 4.13. The topological polar surface area (TPSA) is 83.4 Å². The molecule has 0 spiro atoms. The Morgan fingerprint density at radius 3 is 2.59 bits per heavy atom. The lowest BCUT2D eigenvalue weighted by atomic mass is 10.1. The second-order valence-corrected chi connectivity index (χ2v) is 6.78. The molecule has 0 aromatic heterocycles. The van der Waals surface area contributed by atoms with Gasteiger partial charge in [0, 0.05) is 12.5 Å². The van der Waals surface area contributed by atoms with Gasteiger partial charge in [0.1, 0.15) is 5.75 Å². The molecule has 0 aliphatic carbocycles. The predicted molar refractivity (Wildman–Crippen MR) is 110 cm³/mol. The van der Waals surface area contributed by atoms with E-state index in [1.54, 1.807) is 42.5 Å². The third kappa shape index (κ3) is 4.83. The van der Waals surface area contributed by atoms with Gasteiger partial charge in [0.15, 0.2) is 17.2 Å². The molecule has 2 aromatic carbocycles. The first-order valence-electron chi connectivity index (χ1n) is 8.73. The highest BCUT2D eigenvalue weighted by Crippen LogP contribution is 2.37. The van der Waals surface area contributed by atoms with Crippen molar-refractivity contribution in [1.29, 1.82) is 0 Å². The fraction of sp³-hybridized carbons (Fsp3) is 0.190. The van der Waals surface area contributed by atoms with Gasteiger partial charge in [0.05, 0.1) is 18.2 Å². The molecule has 7 nitrogen and oxygen atoms in total. The highest BCUT2D eigenvalue weighted by Gasteiger charge is 2.24. The molecule has 0 saturated carbocycles. The number of nitrogens with zero attached hydrogens (tertiary/aromatic N) is 1. The zero-order valence-electron chi connectivity index (χ0n) is 16.0. The number of cyclic esters (lactones) is 1. The van der Waals surface area contributed by atoms with Crippen molar-refractivity contribution in [1.82, 2.24) is 0 Å². The molecule has 0 unspecified atom stereocenters. The van der Waals surface area contributed by atoms with Crippen LogP contribution in [0.25, 0.3) is 6.08 Å². The van der Waals surface area contributed by atoms with Crippen LogP contribution < -0.4 is 14.2 Å². The highest BCUT2D eigenvalue weighted by atomic mass is 79.9. The maximum atomic E-state index is 12.2. The minimum Gasteiger partial charge on any atom is -0.494 e. The minimum atomic E-state index is -0.562. The molecule has 2 aromatic rings. The molecule has 0 N–H and O–H groups in total. The fourth-order valence-electron chi connectivity index (χ4n) is 2.62. The maximum Gasteiger partial charge on any atom is 0.363 e. The van der Waals surface area contributed by atoms with Crippen LogP contribution in [-0.2, 0) is 14.3 Å². The second kappa shape index (κ2) is 8.91. The number of ether oxygens (including phenoxy) is 4. The van der Waals surface area contributed by atoms with Crippen LogP contribution >= 0.6 is 15.9 Å². The third-order valence-electron chi connectivity index (χ3n) is 3.83. The SMILES string of the molecule is CCOc1ccc(C2=N/C(=C/c3cc(Br)c(OC(C)=O)c(OC)c3)C(=O)O2)cc1. The summed E-state index contributed by atoms with van der Waals surface area (Å²) in [7, 11) is 1.46. The lowest BCUT2D eigenvalue weighted by Crippen LogP contribution is -2.05. The zero-order chi connectivity index (χ0) is 21.0. The van der Waals surface area contributed by atoms with E-state index in [2.05, 4.69) is 20.9 Å². The van der Waals surface area contributed by atoms with E-state index in [0.29, 0.717) is 28.0 Å². The number of benzene rings is 2. The second-order valence-electron chi connectivity index (χ2n) is 5.92. The first-order chi connectivity index (χ1) is 13.9. The number of carbonyl (C=O) groups is 2. The number of esters is 2. The molecule has 8 heteroatoms. The summed E-state index contributed by atoms with van der Waals surface area (Å²) in [5.74, 6) is 0.499. The monoisotopic (exact) mass is 459 g/mol. The van der Waals surface area contributed by atoms with Crippen LogP contribution in [0.3, 0.4) is 0 Å². The molecule has 150 valence electrons. The summed E-state index contributed by atoms with van der Waals surface area (Å²) >= 11 is 3.35. The van der Waals surface area contributed by atoms with E-state index < -0.39 is 11.9 Å². The maximum absolute atomic E-state index is 12.2. The van der Waals surface area contributed by atoms with Crippen LogP contribution in [0.2, 0.25) is 0 Å². The molecule has 3 rings (SSSR count). The Morgan fingerprint density at radius 1 is 1.24 bits per heavy atom. The molecule has 0 bridgehead atoms. The number of hydrogen-bond acceptors (Lipinski definition) is 7. The molecule has 0 amide bonds. The van der Waals surface area contributed by atoms with Crippen LogP contribution in [0.4, 0.5) is 0 Å². The molecule has 0 saturated heterocycles. The van der Waals surface area contributed by atoms with Crippen LogP contribution in [0.1, 0.15) is 25.0 Å². The Bertz CT molecular complexity index is 1010. The van der Waals surface area contributed by atoms with Crippen LogP contribution in [0, 0.1) is 0 Å². The van der Waals surface area contributed by atoms with Crippen molar-refractivity contribution in [2.45, 2.75) is 13.8 Å². The van der Waals surface area contributed by atoms with E-state index >= 15 is 0 Å². The standard InChI is InChI=1S/C21H18BrNO6/c1-4-27-15-7-5-14(6-8-15)20-23-17(21(25)29-20)10-13-9-16(22)19(28-12(2)24)18(11-13)26-3/h5-11H,4H2,1-3H3/b17-10+. The summed E-state index contributed by atoms with van der Waals surface area (Å²) in [5, 5.41) is 0. The number of aliphatic imine (C=N–C) groups is 1. The lowest BCUT2D eigenvalue weighted by molar-refractivity contribution is -0.132. The summed E-state index contributed by atoms with van der Waals surface area (Å²) in [4.78, 5) is 27.8. The fourth-order valence-corrected chi connectivity index (χ4v) is 3.16. The molecule has 1 aliphatic rings. The molecule has 1 aliphatic heterocycles. The van der Waals surface area contributed by atoms with E-state index in [1.807, 2.05) is 6.92 Å². The summed E-state index contributed by atoms with van der Waals surface area (Å²) in [5.41, 5.74) is 1.42. The minimum absolute atomic E-state index is 0.142. The van der Waals surface area contributed by atoms with Crippen LogP contribution in [0.15, 0.2) is 51.6 Å². The quantitative estimate of drug-likeness (QED) is 0.366. The zero-order valence-corrected chi connectivity index (χ0v) is 17.6. The molecule has 29 heavy (non-hydrogen) atoms. The summed E-state index contributed by atoms with van der Waals surface area (Å²) in [6, 6.07) is 10.4. The third-order valence-corrected chi connectivity index (χ3v) is 4.42. The lowest BCUT2D eigenvalue weighted by Gasteiger charge is -2.11. The van der Waals surface area contributed by atoms with Crippen molar-refractivity contribution >= 4 is 39.8 Å². The highest BCUT2D eigenvalue weighted by molar-refractivity contribution is 9.10. The largest absolute Gasteiger partial charge is 0.494 e. The van der Waals surface area contributed by atoms with E-state index in [-0.39, 0.29) is 17.3 Å². The first-order valence-corrected chi connectivity index (χ1v) is 9.52. The van der Waals surface area contributed by atoms with Crippen molar-refractivity contribution in [3.8, 4) is 17.2 Å². The number of carbonyl (C=O) groups excluding carboxylic acids is 2. The van der Waals surface area contributed by atoms with E-state index in [9.17, 15) is 9.59 Å². The van der Waals surface area contributed by atoms with Crippen molar-refractivity contribution in [2.24, 2.45) is 4.99 Å². The van der Waals surface area contributed by atoms with Crippen molar-refractivity contribution in [2.75, 3.05) is 13.7 Å². The van der Waals surface area contributed by atoms with Gasteiger partial charge in [0.25, 0.3) is 0 Å². The molecule has 0 atom stereocenters. The van der Waals surface area contributed by atoms with E-state index in [1.165, 1.54) is 14.0 Å². The molecular weight excluding hydrogens is 442 g/mol. The van der Waals surface area contributed by atoms with Crippen LogP contribution in [0.5, 0.6) is 17.2 Å². The van der Waals surface area contributed by atoms with Gasteiger partial charge >= 0.3 is 11.9 Å². The number of halogens is 1. The van der Waals surface area contributed by atoms with E-state index in [0.717, 1.165) is 5.75 Å². The van der Waals surface area contributed by atoms with Gasteiger partial charge in [-0.2, -0.15) is 0 Å². The summed E-state index contributed by atoms with van der Waals surface area (Å²) < 4.78 is 21.6. The smallest absolute Gasteiger partial charge is 0.363 e. The summed E-state index contributed by atoms with van der Waals surface area (Å²) in [6.45, 7) is 3.77. The Kier molecular flexibility index (Phi) is 6.33. The number of methoxy groups -OCH3 is 1. The van der Waals surface area contributed by atoms with Gasteiger partial charge < -0.3 is 18.9 Å². The average Bonchev–Trinajstić information content (AvgIpc) is 3.04. The number of rotatable bonds is 6. The Morgan fingerprint density at radius 2 is 1.97 bits per heavy atom. The van der Waals surface area contributed by atoms with Crippen molar-refractivity contribution in [3.05, 3.63) is 57.7 Å². The molecule has 0 radical (unpaired) electrons. The van der Waals surface area contributed by atoms with Crippen molar-refractivity contribution < 1.29 is 28.5 Å². The van der Waals surface area contributed by atoms with Gasteiger partial charge in [-0.1, -0.05) is 0 Å². The van der Waals surface area contributed by atoms with Gasteiger partial charge in [0.2, 0.25) is 5.90 Å². The average molecular weight is 460 g/mol. The Balaban J connectivity index is 1.90. The Hall–Kier alpha value is -3.13. The normalized spacial score (nSPS) is 14.4. The van der Waals surface area contributed by atoms with Gasteiger partial charge in [-0.15, -0.1) is 0 Å². The Labute approximate surface area is 176 Å².